The second kappa shape index (κ2) is 7.26. The summed E-state index contributed by atoms with van der Waals surface area (Å²) in [5.74, 6) is 1.20. The number of anilines is 1. The van der Waals surface area contributed by atoms with Crippen LogP contribution in [0.25, 0.3) is 0 Å². The molecule has 1 aromatic heterocycles. The first-order chi connectivity index (χ1) is 9.67. The number of benzene rings is 1. The van der Waals surface area contributed by atoms with Crippen LogP contribution in [0, 0.1) is 5.82 Å². The van der Waals surface area contributed by atoms with Gasteiger partial charge in [0, 0.05) is 22.9 Å². The van der Waals surface area contributed by atoms with Crippen LogP contribution in [0.1, 0.15) is 5.56 Å². The molecular weight excluding hydrogens is 273 g/mol. The van der Waals surface area contributed by atoms with E-state index >= 15 is 0 Å². The maximum atomic E-state index is 13.1. The van der Waals surface area contributed by atoms with E-state index in [2.05, 4.69) is 10.3 Å². The molecule has 0 amide bonds. The zero-order valence-corrected chi connectivity index (χ0v) is 12.2. The van der Waals surface area contributed by atoms with Gasteiger partial charge in [-0.1, -0.05) is 6.07 Å². The number of nitrogen functional groups attached to an aromatic ring is 1. The Balaban J connectivity index is 1.92. The molecule has 0 fully saturated rings. The van der Waals surface area contributed by atoms with Gasteiger partial charge in [0.05, 0.1) is 0 Å². The van der Waals surface area contributed by atoms with E-state index in [0.29, 0.717) is 11.9 Å². The first kappa shape index (κ1) is 14.8. The third-order valence-corrected chi connectivity index (χ3v) is 4.14. The third kappa shape index (κ3) is 4.51. The van der Waals surface area contributed by atoms with E-state index in [1.54, 1.807) is 30.1 Å². The Labute approximate surface area is 122 Å². The van der Waals surface area contributed by atoms with Crippen molar-refractivity contribution in [2.75, 3.05) is 18.5 Å². The zero-order valence-electron chi connectivity index (χ0n) is 11.3. The average molecular weight is 291 g/mol. The Morgan fingerprint density at radius 1 is 1.35 bits per heavy atom. The van der Waals surface area contributed by atoms with Crippen LogP contribution in [0.5, 0.6) is 0 Å². The Hall–Kier alpha value is -1.59. The lowest BCUT2D eigenvalue weighted by molar-refractivity contribution is 0.615. The van der Waals surface area contributed by atoms with Crippen molar-refractivity contribution in [3.63, 3.8) is 0 Å². The predicted molar refractivity (Wildman–Crippen MR) is 82.3 cm³/mol. The molecule has 1 aromatic carbocycles. The molecule has 0 aliphatic carbocycles. The molecule has 1 atom stereocenters. The van der Waals surface area contributed by atoms with E-state index in [4.69, 9.17) is 5.73 Å². The van der Waals surface area contributed by atoms with Crippen molar-refractivity contribution in [1.82, 2.24) is 10.3 Å². The van der Waals surface area contributed by atoms with Crippen LogP contribution in [0.2, 0.25) is 0 Å². The van der Waals surface area contributed by atoms with Crippen molar-refractivity contribution < 1.29 is 4.39 Å². The maximum Gasteiger partial charge on any atom is 0.124 e. The first-order valence-electron chi connectivity index (χ1n) is 6.43. The molecule has 0 radical (unpaired) electrons. The molecule has 2 aromatic rings. The number of thioether (sulfide) groups is 1. The van der Waals surface area contributed by atoms with E-state index in [1.807, 2.05) is 25.2 Å². The number of hydrogen-bond donors (Lipinski definition) is 2. The fourth-order valence-corrected chi connectivity index (χ4v) is 2.95. The van der Waals surface area contributed by atoms with Crippen molar-refractivity contribution in [1.29, 1.82) is 0 Å². The summed E-state index contributed by atoms with van der Waals surface area (Å²) in [5.41, 5.74) is 6.83. The van der Waals surface area contributed by atoms with E-state index in [-0.39, 0.29) is 5.82 Å². The van der Waals surface area contributed by atoms with Crippen LogP contribution >= 0.6 is 11.8 Å². The van der Waals surface area contributed by atoms with Crippen LogP contribution in [-0.4, -0.2) is 23.8 Å². The number of halogens is 1. The van der Waals surface area contributed by atoms with Crippen LogP contribution in [0.4, 0.5) is 10.2 Å². The molecule has 3 nitrogen and oxygen atoms in total. The van der Waals surface area contributed by atoms with E-state index in [1.165, 1.54) is 6.07 Å². The summed E-state index contributed by atoms with van der Waals surface area (Å²) < 4.78 is 13.1. The van der Waals surface area contributed by atoms with E-state index in [9.17, 15) is 4.39 Å². The SMILES string of the molecule is CNC(CSc1cccc(F)c1)Cc1ccnc(N)c1. The van der Waals surface area contributed by atoms with Crippen LogP contribution in [-0.2, 0) is 6.42 Å². The van der Waals surface area contributed by atoms with Gasteiger partial charge < -0.3 is 11.1 Å². The Morgan fingerprint density at radius 3 is 2.90 bits per heavy atom. The number of rotatable bonds is 6. The van der Waals surface area contributed by atoms with Crippen molar-refractivity contribution in [2.45, 2.75) is 17.4 Å². The molecular formula is C15H18FN3S. The first-order valence-corrected chi connectivity index (χ1v) is 7.42. The van der Waals surface area contributed by atoms with E-state index in [0.717, 1.165) is 22.6 Å². The Morgan fingerprint density at radius 2 is 2.20 bits per heavy atom. The van der Waals surface area contributed by atoms with Gasteiger partial charge in [-0.2, -0.15) is 0 Å². The summed E-state index contributed by atoms with van der Waals surface area (Å²) in [6.45, 7) is 0. The minimum atomic E-state index is -0.196. The quantitative estimate of drug-likeness (QED) is 0.804. The number of pyridine rings is 1. The maximum absolute atomic E-state index is 13.1. The summed E-state index contributed by atoms with van der Waals surface area (Å²) in [7, 11) is 1.93. The number of aromatic nitrogens is 1. The molecule has 5 heteroatoms. The summed E-state index contributed by atoms with van der Waals surface area (Å²) in [4.78, 5) is 4.93. The third-order valence-electron chi connectivity index (χ3n) is 2.98. The number of likely N-dealkylation sites (N-methyl/N-ethyl adjacent to an activating group) is 1. The van der Waals surface area contributed by atoms with Gasteiger partial charge in [0.1, 0.15) is 11.6 Å². The molecule has 2 rings (SSSR count). The molecule has 20 heavy (non-hydrogen) atoms. The van der Waals surface area contributed by atoms with Crippen LogP contribution < -0.4 is 11.1 Å². The molecule has 0 aliphatic rings. The van der Waals surface area contributed by atoms with Gasteiger partial charge in [0.2, 0.25) is 0 Å². The normalized spacial score (nSPS) is 12.3. The zero-order chi connectivity index (χ0) is 14.4. The molecule has 0 aliphatic heterocycles. The van der Waals surface area contributed by atoms with Crippen molar-refractivity contribution in [3.8, 4) is 0 Å². The highest BCUT2D eigenvalue weighted by molar-refractivity contribution is 7.99. The highest BCUT2D eigenvalue weighted by Gasteiger charge is 2.09. The molecule has 106 valence electrons. The molecule has 0 saturated carbocycles. The minimum absolute atomic E-state index is 0.196. The lowest BCUT2D eigenvalue weighted by Crippen LogP contribution is -2.30. The number of nitrogens with one attached hydrogen (secondary N) is 1. The summed E-state index contributed by atoms with van der Waals surface area (Å²) in [6, 6.07) is 10.8. The summed E-state index contributed by atoms with van der Waals surface area (Å²) >= 11 is 1.64. The Bertz CT molecular complexity index is 562. The smallest absolute Gasteiger partial charge is 0.124 e. The fourth-order valence-electron chi connectivity index (χ4n) is 1.90. The Kier molecular flexibility index (Phi) is 5.38. The van der Waals surface area contributed by atoms with Crippen molar-refractivity contribution in [2.24, 2.45) is 0 Å². The molecule has 0 bridgehead atoms. The minimum Gasteiger partial charge on any atom is -0.384 e. The molecule has 0 saturated heterocycles. The van der Waals surface area contributed by atoms with Gasteiger partial charge in [0.15, 0.2) is 0 Å². The second-order valence-corrected chi connectivity index (χ2v) is 5.64. The van der Waals surface area contributed by atoms with E-state index < -0.39 is 0 Å². The van der Waals surface area contributed by atoms with Gasteiger partial charge in [0.25, 0.3) is 0 Å². The topological polar surface area (TPSA) is 50.9 Å². The van der Waals surface area contributed by atoms with Gasteiger partial charge in [-0.3, -0.25) is 0 Å². The lowest BCUT2D eigenvalue weighted by atomic mass is 10.1. The summed E-state index contributed by atoms with van der Waals surface area (Å²) in [6.07, 6.45) is 2.59. The van der Waals surface area contributed by atoms with Crippen molar-refractivity contribution in [3.05, 3.63) is 54.0 Å². The summed E-state index contributed by atoms with van der Waals surface area (Å²) in [5, 5.41) is 3.28. The fraction of sp³-hybridized carbons (Fsp3) is 0.267. The lowest BCUT2D eigenvalue weighted by Gasteiger charge is -2.16. The average Bonchev–Trinajstić information content (AvgIpc) is 2.43. The van der Waals surface area contributed by atoms with Gasteiger partial charge in [-0.25, -0.2) is 9.37 Å². The largest absolute Gasteiger partial charge is 0.384 e. The predicted octanol–water partition coefficient (Wildman–Crippen LogP) is 2.73. The van der Waals surface area contributed by atoms with Gasteiger partial charge in [-0.05, 0) is 49.4 Å². The van der Waals surface area contributed by atoms with Crippen molar-refractivity contribution >= 4 is 17.6 Å². The number of hydrogen-bond acceptors (Lipinski definition) is 4. The van der Waals surface area contributed by atoms with Gasteiger partial charge in [-0.15, -0.1) is 11.8 Å². The number of nitrogens with two attached hydrogens (primary N) is 1. The molecule has 0 spiro atoms. The van der Waals surface area contributed by atoms with Crippen LogP contribution in [0.15, 0.2) is 47.5 Å². The number of nitrogens with zero attached hydrogens (tertiary/aromatic N) is 1. The molecule has 3 N–H and O–H groups in total. The standard InChI is InChI=1S/C15H18FN3S/c1-18-13(7-11-5-6-19-15(17)8-11)10-20-14-4-2-3-12(16)9-14/h2-6,8-9,13,18H,7,10H2,1H3,(H2,17,19). The highest BCUT2D eigenvalue weighted by atomic mass is 32.2. The molecule has 1 heterocycles. The molecule has 1 unspecified atom stereocenters. The van der Waals surface area contributed by atoms with Gasteiger partial charge >= 0.3 is 0 Å². The second-order valence-electron chi connectivity index (χ2n) is 4.55. The van der Waals surface area contributed by atoms with Crippen LogP contribution in [0.3, 0.4) is 0 Å². The monoisotopic (exact) mass is 291 g/mol. The highest BCUT2D eigenvalue weighted by Crippen LogP contribution is 2.20.